The quantitative estimate of drug-likeness (QED) is 0.0721. The highest BCUT2D eigenvalue weighted by atomic mass is 16.5. The fourth-order valence-corrected chi connectivity index (χ4v) is 5.05. The number of rotatable bonds is 25. The summed E-state index contributed by atoms with van der Waals surface area (Å²) < 4.78 is 21.9. The zero-order valence-corrected chi connectivity index (χ0v) is 29.3. The molecule has 3 amide bonds. The number of benzene rings is 2. The van der Waals surface area contributed by atoms with Crippen LogP contribution in [0.2, 0.25) is 0 Å². The lowest BCUT2D eigenvalue weighted by atomic mass is 10.0. The van der Waals surface area contributed by atoms with Gasteiger partial charge in [0.15, 0.2) is 0 Å². The minimum atomic E-state index is -1.40. The Morgan fingerprint density at radius 1 is 0.623 bits per heavy atom. The van der Waals surface area contributed by atoms with Crippen LogP contribution in [0.5, 0.6) is 0 Å². The van der Waals surface area contributed by atoms with E-state index in [0.29, 0.717) is 17.8 Å². The summed E-state index contributed by atoms with van der Waals surface area (Å²) in [6.45, 7) is -0.939. The maximum atomic E-state index is 13.4. The maximum absolute atomic E-state index is 13.4. The van der Waals surface area contributed by atoms with Crippen LogP contribution in [0.25, 0.3) is 0 Å². The average Bonchev–Trinajstić information content (AvgIpc) is 3.11. The number of hydrogen-bond acceptors (Lipinski definition) is 10. The third kappa shape index (κ3) is 15.8. The Morgan fingerprint density at radius 3 is 1.75 bits per heavy atom. The molecule has 0 aromatic heterocycles. The van der Waals surface area contributed by atoms with E-state index < -0.39 is 29.4 Å². The molecule has 0 bridgehead atoms. The van der Waals surface area contributed by atoms with Crippen molar-refractivity contribution in [3.8, 4) is 11.8 Å². The largest absolute Gasteiger partial charge is 0.481 e. The van der Waals surface area contributed by atoms with Gasteiger partial charge in [0.1, 0.15) is 5.54 Å². The van der Waals surface area contributed by atoms with Gasteiger partial charge < -0.3 is 49.8 Å². The molecule has 286 valence electrons. The molecule has 1 aliphatic rings. The highest BCUT2D eigenvalue weighted by molar-refractivity contribution is 5.97. The summed E-state index contributed by atoms with van der Waals surface area (Å²) in [6.07, 6.45) is -1.17. The zero-order chi connectivity index (χ0) is 38.5. The van der Waals surface area contributed by atoms with Crippen LogP contribution in [-0.2, 0) is 54.3 Å². The molecule has 2 aromatic carbocycles. The van der Waals surface area contributed by atoms with Crippen molar-refractivity contribution in [2.24, 2.45) is 0 Å². The summed E-state index contributed by atoms with van der Waals surface area (Å²) in [5.41, 5.74) is 1.73. The second kappa shape index (κ2) is 22.6. The second-order valence-corrected chi connectivity index (χ2v) is 12.0. The molecule has 1 heterocycles. The number of nitrogens with one attached hydrogen (secondary N) is 2. The van der Waals surface area contributed by atoms with Gasteiger partial charge in [0, 0.05) is 36.9 Å². The van der Waals surface area contributed by atoms with E-state index in [1.807, 2.05) is 48.5 Å². The number of hydrogen-bond donors (Lipinski definition) is 5. The molecule has 16 nitrogen and oxygen atoms in total. The van der Waals surface area contributed by atoms with E-state index in [1.165, 1.54) is 0 Å². The summed E-state index contributed by atoms with van der Waals surface area (Å²) in [5.74, 6) is 1.90. The Balaban J connectivity index is 1.46. The number of para-hydroxylation sites is 1. The highest BCUT2D eigenvalue weighted by Crippen LogP contribution is 2.26. The molecule has 0 saturated carbocycles. The number of aliphatic carboxylic acids is 3. The van der Waals surface area contributed by atoms with Crippen LogP contribution in [0.3, 0.4) is 0 Å². The molecule has 0 unspecified atom stereocenters. The SMILES string of the molecule is O=C(O)CCOCC(COCCC(=O)O)(COCCC(=O)O)NC(=O)CCOCCNC(=O)CCC(=O)N1Cc2ccccc2C#Cc2ccccc21. The first-order valence-corrected chi connectivity index (χ1v) is 17.0. The normalized spacial score (nSPS) is 11.9. The zero-order valence-electron chi connectivity index (χ0n) is 29.3. The molecular weight excluding hydrogens is 694 g/mol. The fraction of sp³-hybridized carbons (Fsp3) is 0.459. The number of carbonyl (C=O) groups excluding carboxylic acids is 3. The van der Waals surface area contributed by atoms with Crippen molar-refractivity contribution < 1.29 is 63.0 Å². The topological polar surface area (TPSA) is 227 Å². The molecule has 5 N–H and O–H groups in total. The minimum absolute atomic E-state index is 0.0292. The van der Waals surface area contributed by atoms with E-state index in [1.54, 1.807) is 4.90 Å². The molecule has 0 radical (unpaired) electrons. The third-order valence-corrected chi connectivity index (χ3v) is 7.70. The van der Waals surface area contributed by atoms with E-state index in [2.05, 4.69) is 22.5 Å². The third-order valence-electron chi connectivity index (χ3n) is 7.70. The van der Waals surface area contributed by atoms with Crippen LogP contribution in [0.15, 0.2) is 48.5 Å². The molecule has 1 aliphatic heterocycles. The van der Waals surface area contributed by atoms with Crippen molar-refractivity contribution in [2.75, 3.05) is 64.3 Å². The van der Waals surface area contributed by atoms with Crippen molar-refractivity contribution in [3.05, 3.63) is 65.2 Å². The first-order valence-electron chi connectivity index (χ1n) is 17.0. The monoisotopic (exact) mass is 739 g/mol. The van der Waals surface area contributed by atoms with Gasteiger partial charge in [0.05, 0.1) is 84.3 Å². The van der Waals surface area contributed by atoms with E-state index in [9.17, 15) is 28.8 Å². The van der Waals surface area contributed by atoms with Crippen LogP contribution >= 0.6 is 0 Å². The molecule has 0 atom stereocenters. The lowest BCUT2D eigenvalue weighted by molar-refractivity contribution is -0.140. The predicted octanol–water partition coefficient (Wildman–Crippen LogP) is 1.57. The summed E-state index contributed by atoms with van der Waals surface area (Å²) in [7, 11) is 0. The van der Waals surface area contributed by atoms with Crippen molar-refractivity contribution >= 4 is 41.3 Å². The van der Waals surface area contributed by atoms with Gasteiger partial charge in [-0.05, 0) is 23.8 Å². The lowest BCUT2D eigenvalue weighted by Gasteiger charge is -2.34. The van der Waals surface area contributed by atoms with Gasteiger partial charge in [-0.2, -0.15) is 0 Å². The number of nitrogens with zero attached hydrogens (tertiary/aromatic N) is 1. The first-order chi connectivity index (χ1) is 25.5. The predicted molar refractivity (Wildman–Crippen MR) is 188 cm³/mol. The van der Waals surface area contributed by atoms with Crippen LogP contribution in [0.4, 0.5) is 5.69 Å². The Bertz CT molecular complexity index is 1580. The van der Waals surface area contributed by atoms with Gasteiger partial charge in [-0.25, -0.2) is 0 Å². The number of carbonyl (C=O) groups is 6. The number of amides is 3. The smallest absolute Gasteiger partial charge is 0.305 e. The number of anilines is 1. The molecular formula is C37H45N3O13. The van der Waals surface area contributed by atoms with Crippen LogP contribution < -0.4 is 15.5 Å². The van der Waals surface area contributed by atoms with E-state index in [0.717, 1.165) is 11.1 Å². The summed E-state index contributed by atoms with van der Waals surface area (Å²) in [5, 5.41) is 32.2. The Morgan fingerprint density at radius 2 is 1.15 bits per heavy atom. The number of ether oxygens (including phenoxy) is 4. The average molecular weight is 740 g/mol. The van der Waals surface area contributed by atoms with E-state index in [-0.39, 0.29) is 110 Å². The fourth-order valence-electron chi connectivity index (χ4n) is 5.05. The molecule has 16 heteroatoms. The van der Waals surface area contributed by atoms with Crippen LogP contribution in [0.1, 0.15) is 55.2 Å². The molecule has 0 spiro atoms. The van der Waals surface area contributed by atoms with Crippen molar-refractivity contribution in [2.45, 2.75) is 50.6 Å². The van der Waals surface area contributed by atoms with Crippen molar-refractivity contribution in [3.63, 3.8) is 0 Å². The summed E-state index contributed by atoms with van der Waals surface area (Å²) >= 11 is 0. The van der Waals surface area contributed by atoms with E-state index in [4.69, 9.17) is 34.3 Å². The first kappa shape index (κ1) is 42.1. The Labute approximate surface area is 306 Å². The minimum Gasteiger partial charge on any atom is -0.481 e. The molecule has 0 fully saturated rings. The van der Waals surface area contributed by atoms with Crippen molar-refractivity contribution in [1.82, 2.24) is 10.6 Å². The molecule has 53 heavy (non-hydrogen) atoms. The van der Waals surface area contributed by atoms with Gasteiger partial charge in [-0.15, -0.1) is 0 Å². The van der Waals surface area contributed by atoms with Crippen molar-refractivity contribution in [1.29, 1.82) is 0 Å². The van der Waals surface area contributed by atoms with Gasteiger partial charge >= 0.3 is 17.9 Å². The Kier molecular flexibility index (Phi) is 17.9. The van der Waals surface area contributed by atoms with Crippen LogP contribution in [0, 0.1) is 11.8 Å². The summed E-state index contributed by atoms with van der Waals surface area (Å²) in [6, 6.07) is 15.0. The number of carboxylic acids is 3. The van der Waals surface area contributed by atoms with E-state index >= 15 is 0 Å². The second-order valence-electron chi connectivity index (χ2n) is 12.0. The molecule has 2 aromatic rings. The molecule has 0 saturated heterocycles. The Hall–Kier alpha value is -5.34. The lowest BCUT2D eigenvalue weighted by Crippen LogP contribution is -2.59. The maximum Gasteiger partial charge on any atom is 0.305 e. The number of carboxylic acid groups (broad SMARTS) is 3. The van der Waals surface area contributed by atoms with Crippen LogP contribution in [-0.4, -0.2) is 116 Å². The standard InChI is InChI=1S/C37H45N3O13/c41-31(11-12-33(43)40-23-29-7-2-1-5-27(29)9-10-28-6-3-4-8-30(28)40)38-17-22-50-18-13-32(42)39-37(24-51-19-14-34(44)45,25-52-20-15-35(46)47)26-53-21-16-36(48)49/h1-8H,11-26H2,(H,38,41)(H,39,42)(H,44,45)(H,46,47)(H,48,49). The number of fused-ring (bicyclic) bond motifs is 2. The molecule has 0 aliphatic carbocycles. The summed E-state index contributed by atoms with van der Waals surface area (Å²) in [4.78, 5) is 73.3. The van der Waals surface area contributed by atoms with Gasteiger partial charge in [-0.1, -0.05) is 42.2 Å². The van der Waals surface area contributed by atoms with Gasteiger partial charge in [0.2, 0.25) is 17.7 Å². The highest BCUT2D eigenvalue weighted by Gasteiger charge is 2.34. The van der Waals surface area contributed by atoms with Gasteiger partial charge in [-0.3, -0.25) is 28.8 Å². The van der Waals surface area contributed by atoms with Gasteiger partial charge in [0.25, 0.3) is 0 Å². The molecule has 3 rings (SSSR count).